The van der Waals surface area contributed by atoms with Crippen molar-refractivity contribution in [2.45, 2.75) is 24.7 Å². The second-order valence-electron chi connectivity index (χ2n) is 5.56. The van der Waals surface area contributed by atoms with Crippen molar-refractivity contribution >= 4 is 38.9 Å². The first-order valence-corrected chi connectivity index (χ1v) is 9.03. The first kappa shape index (κ1) is 16.7. The highest BCUT2D eigenvalue weighted by Crippen LogP contribution is 2.29. The molecule has 1 heterocycles. The highest BCUT2D eigenvalue weighted by molar-refractivity contribution is 7.92. The zero-order valence-corrected chi connectivity index (χ0v) is 14.3. The van der Waals surface area contributed by atoms with E-state index < -0.39 is 20.7 Å². The van der Waals surface area contributed by atoms with Crippen molar-refractivity contribution in [3.8, 4) is 0 Å². The van der Waals surface area contributed by atoms with Gasteiger partial charge in [-0.25, -0.2) is 12.8 Å². The number of anilines is 2. The van der Waals surface area contributed by atoms with Gasteiger partial charge in [0.1, 0.15) is 10.7 Å². The third-order valence-corrected chi connectivity index (χ3v) is 5.57. The average molecular weight is 369 g/mol. The molecule has 0 bridgehead atoms. The Morgan fingerprint density at radius 3 is 2.67 bits per heavy atom. The normalized spacial score (nSPS) is 14.0. The van der Waals surface area contributed by atoms with Crippen LogP contribution in [0.2, 0.25) is 5.02 Å². The number of rotatable bonds is 3. The Kier molecular flexibility index (Phi) is 4.23. The second-order valence-corrected chi connectivity index (χ2v) is 7.62. The fourth-order valence-corrected chi connectivity index (χ4v) is 3.79. The van der Waals surface area contributed by atoms with Gasteiger partial charge in [0.25, 0.3) is 10.0 Å². The molecule has 1 aliphatic rings. The van der Waals surface area contributed by atoms with Crippen LogP contribution in [0.25, 0.3) is 0 Å². The largest absolute Gasteiger partial charge is 0.326 e. The minimum atomic E-state index is -4.12. The van der Waals surface area contributed by atoms with Crippen LogP contribution in [0.4, 0.5) is 15.8 Å². The molecule has 3 rings (SSSR count). The maximum absolute atomic E-state index is 14.2. The van der Waals surface area contributed by atoms with E-state index in [-0.39, 0.29) is 18.0 Å². The molecule has 1 aliphatic heterocycles. The van der Waals surface area contributed by atoms with Crippen LogP contribution < -0.4 is 10.0 Å². The van der Waals surface area contributed by atoms with Crippen LogP contribution in [-0.4, -0.2) is 14.3 Å². The van der Waals surface area contributed by atoms with Crippen LogP contribution in [0.15, 0.2) is 35.2 Å². The lowest BCUT2D eigenvalue weighted by molar-refractivity contribution is -0.116. The van der Waals surface area contributed by atoms with Crippen LogP contribution in [0.5, 0.6) is 0 Å². The van der Waals surface area contributed by atoms with Gasteiger partial charge >= 0.3 is 0 Å². The Labute approximate surface area is 143 Å². The summed E-state index contributed by atoms with van der Waals surface area (Å²) in [4.78, 5) is 10.9. The summed E-state index contributed by atoms with van der Waals surface area (Å²) < 4.78 is 41.5. The number of carbonyl (C=O) groups is 1. The number of hydrogen-bond acceptors (Lipinski definition) is 3. The van der Waals surface area contributed by atoms with Gasteiger partial charge in [0, 0.05) is 17.1 Å². The molecule has 0 unspecified atom stereocenters. The van der Waals surface area contributed by atoms with Gasteiger partial charge in [0.15, 0.2) is 0 Å². The van der Waals surface area contributed by atoms with E-state index in [1.807, 2.05) is 0 Å². The van der Waals surface area contributed by atoms with Crippen molar-refractivity contribution in [3.05, 3.63) is 52.3 Å². The minimum Gasteiger partial charge on any atom is -0.326 e. The van der Waals surface area contributed by atoms with E-state index in [4.69, 9.17) is 11.6 Å². The molecule has 0 radical (unpaired) electrons. The Balaban J connectivity index is 1.97. The van der Waals surface area contributed by atoms with Crippen LogP contribution in [-0.2, 0) is 21.2 Å². The number of halogens is 2. The summed E-state index contributed by atoms with van der Waals surface area (Å²) in [6.07, 6.45) is 0.597. The molecule has 1 amide bonds. The lowest BCUT2D eigenvalue weighted by atomic mass is 10.0. The molecule has 0 aromatic heterocycles. The highest BCUT2D eigenvalue weighted by atomic mass is 35.5. The van der Waals surface area contributed by atoms with E-state index in [2.05, 4.69) is 10.0 Å². The van der Waals surface area contributed by atoms with Crippen molar-refractivity contribution in [3.63, 3.8) is 0 Å². The zero-order chi connectivity index (χ0) is 17.5. The van der Waals surface area contributed by atoms with E-state index in [1.165, 1.54) is 12.1 Å². The maximum Gasteiger partial charge on any atom is 0.264 e. The summed E-state index contributed by atoms with van der Waals surface area (Å²) in [6.45, 7) is 1.79. The van der Waals surface area contributed by atoms with Gasteiger partial charge in [-0.05, 0) is 48.7 Å². The van der Waals surface area contributed by atoms with Gasteiger partial charge in [-0.15, -0.1) is 0 Å². The topological polar surface area (TPSA) is 75.3 Å². The van der Waals surface area contributed by atoms with Gasteiger partial charge in [0.05, 0.1) is 5.69 Å². The molecule has 0 saturated carbocycles. The quantitative estimate of drug-likeness (QED) is 0.871. The first-order chi connectivity index (χ1) is 11.3. The molecular weight excluding hydrogens is 355 g/mol. The first-order valence-electron chi connectivity index (χ1n) is 7.17. The summed E-state index contributed by atoms with van der Waals surface area (Å²) in [5, 5.41) is 2.94. The molecule has 0 fully saturated rings. The molecule has 0 spiro atoms. The third-order valence-electron chi connectivity index (χ3n) is 3.77. The molecule has 126 valence electrons. The maximum atomic E-state index is 14.2. The number of benzene rings is 2. The molecule has 5 nitrogen and oxygen atoms in total. The average Bonchev–Trinajstić information content (AvgIpc) is 2.49. The molecule has 2 aromatic rings. The lowest BCUT2D eigenvalue weighted by Gasteiger charge is -2.18. The fourth-order valence-electron chi connectivity index (χ4n) is 2.45. The predicted octanol–water partition coefficient (Wildman–Crippen LogP) is 3.47. The standard InChI is InChI=1S/C16H14ClFN2O3S/c1-9-2-4-11(7-12(9)17)20-24(22,23)15-6-10-3-5-16(21)19-14(10)8-13(15)18/h2,4,6-8,20H,3,5H2,1H3,(H,19,21). The van der Waals surface area contributed by atoms with Crippen LogP contribution >= 0.6 is 11.6 Å². The molecule has 2 N–H and O–H groups in total. The minimum absolute atomic E-state index is 0.218. The molecule has 0 aliphatic carbocycles. The van der Waals surface area contributed by atoms with Gasteiger partial charge in [-0.1, -0.05) is 17.7 Å². The molecule has 0 atom stereocenters. The van der Waals surface area contributed by atoms with Crippen molar-refractivity contribution < 1.29 is 17.6 Å². The Morgan fingerprint density at radius 2 is 1.96 bits per heavy atom. The van der Waals surface area contributed by atoms with Crippen LogP contribution in [0.1, 0.15) is 17.5 Å². The fraction of sp³-hybridized carbons (Fsp3) is 0.188. The van der Waals surface area contributed by atoms with Gasteiger partial charge in [-0.3, -0.25) is 9.52 Å². The van der Waals surface area contributed by atoms with Crippen LogP contribution in [0, 0.1) is 12.7 Å². The number of aryl methyl sites for hydroxylation is 2. The zero-order valence-electron chi connectivity index (χ0n) is 12.7. The number of nitrogens with one attached hydrogen (secondary N) is 2. The van der Waals surface area contributed by atoms with E-state index in [0.29, 0.717) is 22.7 Å². The van der Waals surface area contributed by atoms with Crippen molar-refractivity contribution in [1.29, 1.82) is 0 Å². The van der Waals surface area contributed by atoms with E-state index >= 15 is 0 Å². The number of carbonyl (C=O) groups excluding carboxylic acids is 1. The number of fused-ring (bicyclic) bond motifs is 1. The van der Waals surface area contributed by atoms with Gasteiger partial charge in [0.2, 0.25) is 5.91 Å². The van der Waals surface area contributed by atoms with E-state index in [9.17, 15) is 17.6 Å². The summed E-state index contributed by atoms with van der Waals surface area (Å²) in [5.74, 6) is -1.15. The molecule has 2 aromatic carbocycles. The van der Waals surface area contributed by atoms with Crippen LogP contribution in [0.3, 0.4) is 0 Å². The number of hydrogen-bond donors (Lipinski definition) is 2. The van der Waals surface area contributed by atoms with Crippen molar-refractivity contribution in [1.82, 2.24) is 0 Å². The van der Waals surface area contributed by atoms with Crippen molar-refractivity contribution in [2.75, 3.05) is 10.0 Å². The lowest BCUT2D eigenvalue weighted by Crippen LogP contribution is -2.21. The predicted molar refractivity (Wildman–Crippen MR) is 90.3 cm³/mol. The van der Waals surface area contributed by atoms with E-state index in [1.54, 1.807) is 19.1 Å². The summed E-state index contributed by atoms with van der Waals surface area (Å²) in [5.41, 5.74) is 1.94. The monoisotopic (exact) mass is 368 g/mol. The van der Waals surface area contributed by atoms with E-state index in [0.717, 1.165) is 11.6 Å². The Hall–Kier alpha value is -2.12. The highest BCUT2D eigenvalue weighted by Gasteiger charge is 2.24. The summed E-state index contributed by atoms with van der Waals surface area (Å²) in [7, 11) is -4.12. The Bertz CT molecular complexity index is 945. The molecular formula is C16H14ClFN2O3S. The third kappa shape index (κ3) is 3.22. The second kappa shape index (κ2) is 6.07. The SMILES string of the molecule is Cc1ccc(NS(=O)(=O)c2cc3c(cc2F)NC(=O)CC3)cc1Cl. The molecule has 8 heteroatoms. The summed E-state index contributed by atoms with van der Waals surface area (Å²) in [6, 6.07) is 6.96. The Morgan fingerprint density at radius 1 is 1.21 bits per heavy atom. The smallest absolute Gasteiger partial charge is 0.264 e. The number of sulfonamides is 1. The summed E-state index contributed by atoms with van der Waals surface area (Å²) >= 11 is 5.98. The number of amides is 1. The van der Waals surface area contributed by atoms with Gasteiger partial charge < -0.3 is 5.32 Å². The van der Waals surface area contributed by atoms with Crippen molar-refractivity contribution in [2.24, 2.45) is 0 Å². The molecule has 0 saturated heterocycles. The molecule has 24 heavy (non-hydrogen) atoms. The van der Waals surface area contributed by atoms with Gasteiger partial charge in [-0.2, -0.15) is 0 Å².